The van der Waals surface area contributed by atoms with Gasteiger partial charge in [-0.25, -0.2) is 14.2 Å². The molecule has 0 saturated heterocycles. The third kappa shape index (κ3) is 6.97. The summed E-state index contributed by atoms with van der Waals surface area (Å²) in [5.74, 6) is 0.208. The SMILES string of the molecule is COCCN(CC(=O)N1N=C(c2ccccc2F)C[C@@H]1c1ccc(OC)c(OC)c1)C(=O)NC(C)(C)C. The Balaban J connectivity index is 1.96. The van der Waals surface area contributed by atoms with Crippen molar-refractivity contribution < 1.29 is 28.2 Å². The first-order valence-corrected chi connectivity index (χ1v) is 12.0. The van der Waals surface area contributed by atoms with E-state index in [1.54, 1.807) is 37.4 Å². The second kappa shape index (κ2) is 12.1. The predicted molar refractivity (Wildman–Crippen MR) is 138 cm³/mol. The zero-order chi connectivity index (χ0) is 27.2. The quantitative estimate of drug-likeness (QED) is 0.547. The van der Waals surface area contributed by atoms with E-state index in [2.05, 4.69) is 10.4 Å². The van der Waals surface area contributed by atoms with Gasteiger partial charge in [-0.2, -0.15) is 5.10 Å². The van der Waals surface area contributed by atoms with Crippen molar-refractivity contribution in [1.82, 2.24) is 15.2 Å². The molecule has 1 heterocycles. The summed E-state index contributed by atoms with van der Waals surface area (Å²) in [5, 5.41) is 8.75. The molecule has 1 N–H and O–H groups in total. The highest BCUT2D eigenvalue weighted by Gasteiger charge is 2.36. The molecule has 1 aliphatic heterocycles. The van der Waals surface area contributed by atoms with E-state index in [0.29, 0.717) is 22.8 Å². The zero-order valence-corrected chi connectivity index (χ0v) is 22.2. The van der Waals surface area contributed by atoms with Crippen LogP contribution in [0.5, 0.6) is 11.5 Å². The van der Waals surface area contributed by atoms with Gasteiger partial charge in [0.25, 0.3) is 5.91 Å². The summed E-state index contributed by atoms with van der Waals surface area (Å²) >= 11 is 0. The molecule has 1 aliphatic rings. The van der Waals surface area contributed by atoms with Crippen molar-refractivity contribution in [3.05, 3.63) is 59.4 Å². The number of nitrogens with zero attached hydrogens (tertiary/aromatic N) is 3. The molecule has 10 heteroatoms. The molecule has 2 aromatic rings. The Morgan fingerprint density at radius 1 is 1.11 bits per heavy atom. The maximum absolute atomic E-state index is 14.6. The number of hydrazone groups is 1. The highest BCUT2D eigenvalue weighted by atomic mass is 19.1. The minimum atomic E-state index is -0.531. The zero-order valence-electron chi connectivity index (χ0n) is 22.2. The predicted octanol–water partition coefficient (Wildman–Crippen LogP) is 3.98. The number of nitrogens with one attached hydrogen (secondary N) is 1. The number of benzene rings is 2. The van der Waals surface area contributed by atoms with Crippen LogP contribution < -0.4 is 14.8 Å². The third-order valence-corrected chi connectivity index (χ3v) is 5.80. The molecule has 37 heavy (non-hydrogen) atoms. The van der Waals surface area contributed by atoms with Crippen molar-refractivity contribution in [1.29, 1.82) is 0 Å². The Morgan fingerprint density at radius 3 is 2.43 bits per heavy atom. The van der Waals surface area contributed by atoms with E-state index in [4.69, 9.17) is 14.2 Å². The van der Waals surface area contributed by atoms with Gasteiger partial charge in [-0.1, -0.05) is 24.3 Å². The largest absolute Gasteiger partial charge is 0.493 e. The van der Waals surface area contributed by atoms with Crippen LogP contribution in [-0.4, -0.2) is 74.1 Å². The number of amides is 3. The minimum Gasteiger partial charge on any atom is -0.493 e. The van der Waals surface area contributed by atoms with Gasteiger partial charge in [-0.3, -0.25) is 4.79 Å². The van der Waals surface area contributed by atoms with Gasteiger partial charge in [0.15, 0.2) is 11.5 Å². The third-order valence-electron chi connectivity index (χ3n) is 5.80. The summed E-state index contributed by atoms with van der Waals surface area (Å²) in [7, 11) is 4.60. The lowest BCUT2D eigenvalue weighted by Crippen LogP contribution is -2.52. The van der Waals surface area contributed by atoms with Gasteiger partial charge < -0.3 is 24.4 Å². The Bertz CT molecular complexity index is 1150. The number of urea groups is 1. The van der Waals surface area contributed by atoms with E-state index in [9.17, 15) is 14.0 Å². The molecular weight excluding hydrogens is 479 g/mol. The van der Waals surface area contributed by atoms with Gasteiger partial charge in [0.1, 0.15) is 12.4 Å². The maximum atomic E-state index is 14.6. The lowest BCUT2D eigenvalue weighted by molar-refractivity contribution is -0.133. The molecule has 0 radical (unpaired) electrons. The number of ether oxygens (including phenoxy) is 3. The average Bonchev–Trinajstić information content (AvgIpc) is 3.30. The van der Waals surface area contributed by atoms with Crippen LogP contribution in [-0.2, 0) is 9.53 Å². The van der Waals surface area contributed by atoms with Crippen LogP contribution in [0.3, 0.4) is 0 Å². The number of hydrogen-bond acceptors (Lipinski definition) is 6. The fourth-order valence-electron chi connectivity index (χ4n) is 4.01. The van der Waals surface area contributed by atoms with Crippen LogP contribution >= 0.6 is 0 Å². The van der Waals surface area contributed by atoms with E-state index in [-0.39, 0.29) is 26.1 Å². The van der Waals surface area contributed by atoms with Crippen molar-refractivity contribution in [2.24, 2.45) is 5.10 Å². The average molecular weight is 515 g/mol. The Labute approximate surface area is 217 Å². The highest BCUT2D eigenvalue weighted by molar-refractivity contribution is 6.03. The van der Waals surface area contributed by atoms with Crippen LogP contribution in [0.4, 0.5) is 9.18 Å². The molecule has 1 atom stereocenters. The maximum Gasteiger partial charge on any atom is 0.318 e. The van der Waals surface area contributed by atoms with E-state index in [1.165, 1.54) is 30.2 Å². The summed E-state index contributed by atoms with van der Waals surface area (Å²) in [4.78, 5) is 27.9. The van der Waals surface area contributed by atoms with Crippen LogP contribution in [0.1, 0.15) is 44.4 Å². The van der Waals surface area contributed by atoms with Gasteiger partial charge >= 0.3 is 6.03 Å². The first-order valence-electron chi connectivity index (χ1n) is 12.0. The number of carbonyl (C=O) groups is 2. The summed E-state index contributed by atoms with van der Waals surface area (Å²) in [6.45, 7) is 5.82. The van der Waals surface area contributed by atoms with Crippen molar-refractivity contribution in [3.8, 4) is 11.5 Å². The van der Waals surface area contributed by atoms with Gasteiger partial charge in [0.2, 0.25) is 0 Å². The molecule has 0 spiro atoms. The normalized spacial score (nSPS) is 15.3. The molecule has 0 aromatic heterocycles. The fourth-order valence-corrected chi connectivity index (χ4v) is 4.01. The highest BCUT2D eigenvalue weighted by Crippen LogP contribution is 2.37. The Morgan fingerprint density at radius 2 is 1.81 bits per heavy atom. The number of halogens is 1. The van der Waals surface area contributed by atoms with Crippen molar-refractivity contribution in [2.75, 3.05) is 41.0 Å². The van der Waals surface area contributed by atoms with Gasteiger partial charge in [-0.15, -0.1) is 0 Å². The number of carbonyl (C=O) groups excluding carboxylic acids is 2. The molecule has 0 unspecified atom stereocenters. The second-order valence-corrected chi connectivity index (χ2v) is 9.69. The van der Waals surface area contributed by atoms with Gasteiger partial charge in [-0.05, 0) is 44.5 Å². The fraction of sp³-hybridized carbons (Fsp3) is 0.444. The first-order chi connectivity index (χ1) is 17.6. The van der Waals surface area contributed by atoms with E-state index in [1.807, 2.05) is 26.8 Å². The molecule has 9 nitrogen and oxygen atoms in total. The number of methoxy groups -OCH3 is 3. The van der Waals surface area contributed by atoms with Crippen LogP contribution in [0.25, 0.3) is 0 Å². The number of rotatable bonds is 9. The molecule has 2 aromatic carbocycles. The molecule has 3 rings (SSSR count). The molecular formula is C27H35FN4O5. The second-order valence-electron chi connectivity index (χ2n) is 9.69. The van der Waals surface area contributed by atoms with E-state index >= 15 is 0 Å². The van der Waals surface area contributed by atoms with Crippen molar-refractivity contribution >= 4 is 17.6 Å². The smallest absolute Gasteiger partial charge is 0.318 e. The molecule has 3 amide bonds. The summed E-state index contributed by atoms with van der Waals surface area (Å²) < 4.78 is 30.6. The van der Waals surface area contributed by atoms with Crippen LogP contribution in [0.15, 0.2) is 47.6 Å². The Kier molecular flexibility index (Phi) is 9.09. The lowest BCUT2D eigenvalue weighted by Gasteiger charge is -2.30. The van der Waals surface area contributed by atoms with Crippen molar-refractivity contribution in [2.45, 2.75) is 38.8 Å². The van der Waals surface area contributed by atoms with Crippen LogP contribution in [0, 0.1) is 5.82 Å². The summed E-state index contributed by atoms with van der Waals surface area (Å²) in [5.41, 5.74) is 1.01. The molecule has 0 fully saturated rings. The molecule has 200 valence electrons. The monoisotopic (exact) mass is 514 g/mol. The van der Waals surface area contributed by atoms with Gasteiger partial charge in [0.05, 0.1) is 32.6 Å². The van der Waals surface area contributed by atoms with E-state index in [0.717, 1.165) is 5.56 Å². The standard InChI is InChI=1S/C27H35FN4O5/c1-27(2,3)29-26(34)31(13-14-35-4)17-25(33)32-22(18-11-12-23(36-5)24(15-18)37-6)16-21(30-32)19-9-7-8-10-20(19)28/h7-12,15,22H,13-14,16-17H2,1-6H3,(H,29,34)/t22-/m1/s1. The molecule has 0 aliphatic carbocycles. The van der Waals surface area contributed by atoms with E-state index < -0.39 is 29.3 Å². The lowest BCUT2D eigenvalue weighted by atomic mass is 9.97. The van der Waals surface area contributed by atoms with Crippen molar-refractivity contribution in [3.63, 3.8) is 0 Å². The topological polar surface area (TPSA) is 92.7 Å². The molecule has 0 saturated carbocycles. The molecule has 0 bridgehead atoms. The van der Waals surface area contributed by atoms with Crippen LogP contribution in [0.2, 0.25) is 0 Å². The first kappa shape index (κ1) is 27.9. The number of hydrogen-bond donors (Lipinski definition) is 1. The summed E-state index contributed by atoms with van der Waals surface area (Å²) in [6.07, 6.45) is 0.286. The Hall–Kier alpha value is -3.66. The minimum absolute atomic E-state index is 0.211. The van der Waals surface area contributed by atoms with Gasteiger partial charge in [0, 0.05) is 31.2 Å². The summed E-state index contributed by atoms with van der Waals surface area (Å²) in [6, 6.07) is 10.7.